The van der Waals surface area contributed by atoms with E-state index in [0.29, 0.717) is 10.6 Å². The van der Waals surface area contributed by atoms with Gasteiger partial charge < -0.3 is 4.57 Å². The van der Waals surface area contributed by atoms with Gasteiger partial charge in [-0.05, 0) is 24.3 Å². The largest absolute Gasteiger partial charge is 0.310 e. The van der Waals surface area contributed by atoms with Crippen molar-refractivity contribution >= 4 is 11.6 Å². The number of pyridine rings is 1. The van der Waals surface area contributed by atoms with Crippen molar-refractivity contribution in [2.24, 2.45) is 0 Å². The van der Waals surface area contributed by atoms with Gasteiger partial charge in [0.25, 0.3) is 5.56 Å². The summed E-state index contributed by atoms with van der Waals surface area (Å²) in [6.45, 7) is 0.0668. The van der Waals surface area contributed by atoms with Crippen LogP contribution in [-0.2, 0) is 6.54 Å². The molecule has 0 fully saturated rings. The van der Waals surface area contributed by atoms with Crippen LogP contribution in [0.4, 0.5) is 4.39 Å². The minimum Gasteiger partial charge on any atom is -0.310 e. The fraction of sp³-hybridized carbons (Fsp3) is 0.0769. The summed E-state index contributed by atoms with van der Waals surface area (Å²) in [6, 6.07) is 9.06. The van der Waals surface area contributed by atoms with Crippen LogP contribution in [0.5, 0.6) is 0 Å². The van der Waals surface area contributed by atoms with E-state index in [9.17, 15) is 9.18 Å². The Bertz CT molecular complexity index is 688. The van der Waals surface area contributed by atoms with E-state index >= 15 is 0 Å². The molecule has 0 atom stereocenters. The highest BCUT2D eigenvalue weighted by atomic mass is 35.5. The van der Waals surface area contributed by atoms with Gasteiger partial charge >= 0.3 is 0 Å². The first kappa shape index (κ1) is 12.3. The summed E-state index contributed by atoms with van der Waals surface area (Å²) >= 11 is 5.65. The Hall–Kier alpha value is -2.12. The first-order chi connectivity index (χ1) is 8.61. The van der Waals surface area contributed by atoms with Crippen molar-refractivity contribution in [2.45, 2.75) is 6.54 Å². The van der Waals surface area contributed by atoms with Crippen LogP contribution >= 0.6 is 11.6 Å². The molecule has 5 heteroatoms. The Morgan fingerprint density at radius 2 is 2.17 bits per heavy atom. The standard InChI is InChI=1S/C13H8ClFN2O/c14-11-4-3-10(12(15)6-11)8-17-5-1-2-9(7-16)13(17)18/h1-6H,8H2. The molecular formula is C13H8ClFN2O. The van der Waals surface area contributed by atoms with Gasteiger partial charge in [0.15, 0.2) is 0 Å². The van der Waals surface area contributed by atoms with Crippen molar-refractivity contribution in [3.05, 3.63) is 68.8 Å². The molecule has 1 heterocycles. The Morgan fingerprint density at radius 3 is 2.83 bits per heavy atom. The minimum atomic E-state index is -0.475. The lowest BCUT2D eigenvalue weighted by atomic mass is 10.2. The van der Waals surface area contributed by atoms with Gasteiger partial charge in [-0.1, -0.05) is 17.7 Å². The van der Waals surface area contributed by atoms with Gasteiger partial charge in [0, 0.05) is 16.8 Å². The average molecular weight is 263 g/mol. The molecule has 3 nitrogen and oxygen atoms in total. The van der Waals surface area contributed by atoms with Gasteiger partial charge in [-0.3, -0.25) is 4.79 Å². The second-order valence-electron chi connectivity index (χ2n) is 3.70. The van der Waals surface area contributed by atoms with E-state index in [1.165, 1.54) is 29.0 Å². The van der Waals surface area contributed by atoms with Crippen LogP contribution in [-0.4, -0.2) is 4.57 Å². The van der Waals surface area contributed by atoms with Crippen molar-refractivity contribution < 1.29 is 4.39 Å². The maximum atomic E-state index is 13.6. The molecule has 0 saturated heterocycles. The Balaban J connectivity index is 2.41. The molecule has 18 heavy (non-hydrogen) atoms. The van der Waals surface area contributed by atoms with Crippen LogP contribution in [0.25, 0.3) is 0 Å². The molecule has 1 aromatic heterocycles. The molecule has 0 N–H and O–H groups in total. The summed E-state index contributed by atoms with van der Waals surface area (Å²) in [4.78, 5) is 11.8. The lowest BCUT2D eigenvalue weighted by molar-refractivity contribution is 0.596. The molecule has 0 unspecified atom stereocenters. The molecule has 0 amide bonds. The third kappa shape index (κ3) is 2.41. The summed E-state index contributed by atoms with van der Waals surface area (Å²) in [5, 5.41) is 9.05. The fourth-order valence-corrected chi connectivity index (χ4v) is 1.74. The molecule has 1 aromatic carbocycles. The molecule has 0 aliphatic heterocycles. The zero-order chi connectivity index (χ0) is 13.1. The van der Waals surface area contributed by atoms with Crippen LogP contribution in [0.15, 0.2) is 41.3 Å². The zero-order valence-corrected chi connectivity index (χ0v) is 9.99. The number of hydrogen-bond donors (Lipinski definition) is 0. The van der Waals surface area contributed by atoms with Crippen molar-refractivity contribution in [3.63, 3.8) is 0 Å². The number of nitrogens with zero attached hydrogens (tertiary/aromatic N) is 2. The first-order valence-corrected chi connectivity index (χ1v) is 5.53. The van der Waals surface area contributed by atoms with Gasteiger partial charge in [-0.15, -0.1) is 0 Å². The monoisotopic (exact) mass is 262 g/mol. The third-order valence-electron chi connectivity index (χ3n) is 2.50. The van der Waals surface area contributed by atoms with Crippen LogP contribution in [0.1, 0.15) is 11.1 Å². The van der Waals surface area contributed by atoms with Crippen molar-refractivity contribution in [2.75, 3.05) is 0 Å². The molecular weight excluding hydrogens is 255 g/mol. The van der Waals surface area contributed by atoms with E-state index < -0.39 is 11.4 Å². The molecule has 90 valence electrons. The maximum Gasteiger partial charge on any atom is 0.268 e. The van der Waals surface area contributed by atoms with Gasteiger partial charge in [0.1, 0.15) is 17.4 Å². The van der Waals surface area contributed by atoms with Crippen LogP contribution in [0.2, 0.25) is 5.02 Å². The quantitative estimate of drug-likeness (QED) is 0.835. The van der Waals surface area contributed by atoms with E-state index in [2.05, 4.69) is 0 Å². The summed E-state index contributed by atoms with van der Waals surface area (Å²) in [5.41, 5.74) is -0.0576. The van der Waals surface area contributed by atoms with E-state index in [4.69, 9.17) is 16.9 Å². The highest BCUT2D eigenvalue weighted by Gasteiger charge is 2.07. The summed E-state index contributed by atoms with van der Waals surface area (Å²) in [7, 11) is 0. The summed E-state index contributed by atoms with van der Waals surface area (Å²) in [6.07, 6.45) is 1.51. The topological polar surface area (TPSA) is 45.8 Å². The molecule has 2 rings (SSSR count). The van der Waals surface area contributed by atoms with Crippen molar-refractivity contribution in [1.29, 1.82) is 5.26 Å². The molecule has 0 spiro atoms. The van der Waals surface area contributed by atoms with Crippen LogP contribution in [0.3, 0.4) is 0 Å². The highest BCUT2D eigenvalue weighted by molar-refractivity contribution is 6.30. The van der Waals surface area contributed by atoms with Gasteiger partial charge in [0.05, 0.1) is 6.54 Å². The van der Waals surface area contributed by atoms with E-state index in [1.807, 2.05) is 0 Å². The predicted octanol–water partition coefficient (Wildman–Crippen LogP) is 2.56. The van der Waals surface area contributed by atoms with E-state index in [-0.39, 0.29) is 12.1 Å². The molecule has 0 radical (unpaired) electrons. The van der Waals surface area contributed by atoms with Crippen LogP contribution < -0.4 is 5.56 Å². The number of benzene rings is 1. The highest BCUT2D eigenvalue weighted by Crippen LogP contribution is 2.15. The van der Waals surface area contributed by atoms with Gasteiger partial charge in [0.2, 0.25) is 0 Å². The second-order valence-corrected chi connectivity index (χ2v) is 4.14. The lowest BCUT2D eigenvalue weighted by Gasteiger charge is -2.07. The zero-order valence-electron chi connectivity index (χ0n) is 9.23. The average Bonchev–Trinajstić information content (AvgIpc) is 2.35. The van der Waals surface area contributed by atoms with E-state index in [1.54, 1.807) is 18.2 Å². The molecule has 0 saturated carbocycles. The number of halogens is 2. The Kier molecular flexibility index (Phi) is 3.45. The second kappa shape index (κ2) is 5.03. The molecule has 2 aromatic rings. The van der Waals surface area contributed by atoms with Gasteiger partial charge in [-0.2, -0.15) is 5.26 Å². The maximum absolute atomic E-state index is 13.6. The number of rotatable bonds is 2. The Labute approximate surface area is 108 Å². The van der Waals surface area contributed by atoms with Gasteiger partial charge in [-0.25, -0.2) is 4.39 Å². The minimum absolute atomic E-state index is 0.0341. The Morgan fingerprint density at radius 1 is 1.39 bits per heavy atom. The number of nitriles is 1. The number of aromatic nitrogens is 1. The van der Waals surface area contributed by atoms with Crippen molar-refractivity contribution in [3.8, 4) is 6.07 Å². The first-order valence-electron chi connectivity index (χ1n) is 5.15. The summed E-state index contributed by atoms with van der Waals surface area (Å²) in [5.74, 6) is -0.475. The smallest absolute Gasteiger partial charge is 0.268 e. The van der Waals surface area contributed by atoms with E-state index in [0.717, 1.165) is 0 Å². The SMILES string of the molecule is N#Cc1cccn(Cc2ccc(Cl)cc2F)c1=O. The number of hydrogen-bond acceptors (Lipinski definition) is 2. The molecule has 0 aliphatic rings. The predicted molar refractivity (Wildman–Crippen MR) is 65.9 cm³/mol. The van der Waals surface area contributed by atoms with Crippen LogP contribution in [0, 0.1) is 17.1 Å². The summed E-state index contributed by atoms with van der Waals surface area (Å²) < 4.78 is 14.9. The normalized spacial score (nSPS) is 10.1. The lowest BCUT2D eigenvalue weighted by Crippen LogP contribution is -2.22. The van der Waals surface area contributed by atoms with Crippen molar-refractivity contribution in [1.82, 2.24) is 4.57 Å². The molecule has 0 bridgehead atoms. The molecule has 0 aliphatic carbocycles. The third-order valence-corrected chi connectivity index (χ3v) is 2.73. The fourth-order valence-electron chi connectivity index (χ4n) is 1.58.